The third-order valence-electron chi connectivity index (χ3n) is 4.63. The van der Waals surface area contributed by atoms with E-state index in [9.17, 15) is 33.9 Å². The van der Waals surface area contributed by atoms with Crippen molar-refractivity contribution in [3.8, 4) is 0 Å². The predicted octanol–water partition coefficient (Wildman–Crippen LogP) is -1.83. The second-order valence-electron chi connectivity index (χ2n) is 6.73. The fraction of sp³-hybridized carbons (Fsp3) is 0.412. The van der Waals surface area contributed by atoms with Gasteiger partial charge in [-0.1, -0.05) is 0 Å². The largest absolute Gasteiger partial charge is 0.477 e. The van der Waals surface area contributed by atoms with Crippen molar-refractivity contribution in [1.82, 2.24) is 24.9 Å². The molecule has 1 saturated heterocycles. The van der Waals surface area contributed by atoms with Crippen molar-refractivity contribution >= 4 is 64.9 Å². The van der Waals surface area contributed by atoms with Crippen LogP contribution < -0.4 is 16.4 Å². The van der Waals surface area contributed by atoms with Gasteiger partial charge in [-0.05, 0) is 0 Å². The maximum absolute atomic E-state index is 12.7. The van der Waals surface area contributed by atoms with E-state index in [1.54, 1.807) is 0 Å². The Hall–Kier alpha value is -3.53. The molecule has 2 aliphatic heterocycles. The molecule has 1 fully saturated rings. The van der Waals surface area contributed by atoms with Gasteiger partial charge in [-0.25, -0.2) is 9.78 Å². The van der Waals surface area contributed by atoms with Crippen molar-refractivity contribution in [3.05, 3.63) is 17.1 Å². The lowest BCUT2D eigenvalue weighted by Gasteiger charge is -2.49. The van der Waals surface area contributed by atoms with Crippen LogP contribution in [0.15, 0.2) is 11.3 Å². The maximum Gasteiger partial charge on any atom is 0.352 e. The van der Waals surface area contributed by atoms with E-state index in [2.05, 4.69) is 20.0 Å². The number of β-lactam (4-membered cyclic amide) rings is 1. The Morgan fingerprint density at radius 1 is 1.36 bits per heavy atom. The molecule has 2 aliphatic rings. The number of amides is 3. The number of carboxylic acids is 1. The summed E-state index contributed by atoms with van der Waals surface area (Å²) in [6, 6.07) is -2.34. The first kappa shape index (κ1) is 24.1. The van der Waals surface area contributed by atoms with Gasteiger partial charge in [0.05, 0.1) is 6.42 Å². The van der Waals surface area contributed by atoms with E-state index in [1.165, 1.54) is 11.8 Å². The van der Waals surface area contributed by atoms with Gasteiger partial charge in [0.25, 0.3) is 11.8 Å². The molecule has 176 valence electrons. The third kappa shape index (κ3) is 5.11. The number of nitrogens with zero attached hydrogens (tertiary/aromatic N) is 3. The number of fused-ring (bicyclic) bond motifs is 1. The number of aldehydes is 1. The number of thioether (sulfide) groups is 1. The zero-order valence-corrected chi connectivity index (χ0v) is 18.4. The minimum absolute atomic E-state index is 0.0184. The van der Waals surface area contributed by atoms with Crippen LogP contribution in [-0.2, 0) is 33.5 Å². The topological polar surface area (TPSA) is 211 Å². The highest BCUT2D eigenvalue weighted by atomic mass is 32.2. The van der Waals surface area contributed by atoms with Crippen molar-refractivity contribution in [1.29, 1.82) is 0 Å². The van der Waals surface area contributed by atoms with Gasteiger partial charge in [0.2, 0.25) is 6.41 Å². The SMILES string of the molecule is Nc1nc(C(NC=O)C(=O)N[C@@H]2C(=O)N3C(C(=O)O)=C(COC(=O)CCC=O)CS[C@@H]23)ns1. The minimum atomic E-state index is -1.39. The van der Waals surface area contributed by atoms with E-state index in [0.29, 0.717) is 6.29 Å². The van der Waals surface area contributed by atoms with E-state index in [4.69, 9.17) is 10.5 Å². The monoisotopic (exact) mass is 498 g/mol. The number of aromatic nitrogens is 2. The van der Waals surface area contributed by atoms with Gasteiger partial charge < -0.3 is 31.0 Å². The fourth-order valence-corrected chi connectivity index (χ4v) is 4.94. The van der Waals surface area contributed by atoms with E-state index >= 15 is 0 Å². The Morgan fingerprint density at radius 3 is 2.73 bits per heavy atom. The Morgan fingerprint density at radius 2 is 2.12 bits per heavy atom. The van der Waals surface area contributed by atoms with Gasteiger partial charge in [0, 0.05) is 29.3 Å². The molecule has 0 spiro atoms. The molecule has 33 heavy (non-hydrogen) atoms. The zero-order valence-electron chi connectivity index (χ0n) is 16.8. The number of hydrogen-bond acceptors (Lipinski definition) is 12. The highest BCUT2D eigenvalue weighted by molar-refractivity contribution is 8.00. The summed E-state index contributed by atoms with van der Waals surface area (Å²) in [4.78, 5) is 74.9. The number of esters is 1. The summed E-state index contributed by atoms with van der Waals surface area (Å²) in [5, 5.41) is 13.7. The summed E-state index contributed by atoms with van der Waals surface area (Å²) in [6.07, 6.45) is 0.683. The molecule has 1 aromatic heterocycles. The van der Waals surface area contributed by atoms with Crippen molar-refractivity contribution in [2.24, 2.45) is 0 Å². The minimum Gasteiger partial charge on any atom is -0.477 e. The number of aliphatic carboxylic acids is 1. The van der Waals surface area contributed by atoms with Crippen LogP contribution in [0, 0.1) is 0 Å². The summed E-state index contributed by atoms with van der Waals surface area (Å²) >= 11 is 2.00. The molecule has 0 aliphatic carbocycles. The molecule has 0 aromatic carbocycles. The lowest BCUT2D eigenvalue weighted by atomic mass is 10.0. The van der Waals surface area contributed by atoms with Crippen LogP contribution in [0.25, 0.3) is 0 Å². The summed E-state index contributed by atoms with van der Waals surface area (Å²) < 4.78 is 8.89. The normalized spacial score (nSPS) is 20.2. The molecular weight excluding hydrogens is 480 g/mol. The molecule has 3 heterocycles. The number of carbonyl (C=O) groups is 6. The molecule has 3 atom stereocenters. The molecule has 1 aromatic rings. The Kier molecular flexibility index (Phi) is 7.59. The Balaban J connectivity index is 1.70. The lowest BCUT2D eigenvalue weighted by molar-refractivity contribution is -0.151. The predicted molar refractivity (Wildman–Crippen MR) is 112 cm³/mol. The van der Waals surface area contributed by atoms with Gasteiger partial charge in [-0.15, -0.1) is 11.8 Å². The Labute approximate surface area is 194 Å². The number of carboxylic acid groups (broad SMARTS) is 1. The number of hydrogen-bond donors (Lipinski definition) is 4. The van der Waals surface area contributed by atoms with Crippen molar-refractivity contribution in [3.63, 3.8) is 0 Å². The molecule has 16 heteroatoms. The molecule has 5 N–H and O–H groups in total. The third-order valence-corrected chi connectivity index (χ3v) is 6.53. The summed E-state index contributed by atoms with van der Waals surface area (Å²) in [5.74, 6) is -3.43. The molecule has 0 radical (unpaired) electrons. The number of anilines is 1. The number of rotatable bonds is 11. The summed E-state index contributed by atoms with van der Waals surface area (Å²) in [5.41, 5.74) is 5.40. The fourth-order valence-electron chi connectivity index (χ4n) is 3.15. The molecule has 3 amide bonds. The van der Waals surface area contributed by atoms with Crippen molar-refractivity contribution < 1.29 is 38.6 Å². The second kappa shape index (κ2) is 10.4. The molecule has 0 bridgehead atoms. The highest BCUT2D eigenvalue weighted by Crippen LogP contribution is 2.40. The number of carbonyl (C=O) groups excluding carboxylic acids is 5. The van der Waals surface area contributed by atoms with Crippen LogP contribution in [0.5, 0.6) is 0 Å². The number of nitrogen functional groups attached to an aromatic ring is 1. The standard InChI is InChI=1S/C17H18N6O8S2/c18-17-21-12(22-33-17)9(19-6-25)13(27)20-10-14(28)23-11(16(29)30)7(5-32-15(10)23)4-31-8(26)2-1-3-24/h3,6,9-10,15H,1-2,4-5H2,(H,19,25)(H,20,27)(H,29,30)(H2,18,21,22)/t9?,10-,15+/m1/s1. The first-order valence-electron chi connectivity index (χ1n) is 9.36. The van der Waals surface area contributed by atoms with Crippen LogP contribution in [0.1, 0.15) is 24.7 Å². The summed E-state index contributed by atoms with van der Waals surface area (Å²) in [6.45, 7) is -0.345. The lowest BCUT2D eigenvalue weighted by Crippen LogP contribution is -2.71. The van der Waals surface area contributed by atoms with E-state index in [-0.39, 0.29) is 53.8 Å². The number of nitrogens with one attached hydrogen (secondary N) is 2. The quantitative estimate of drug-likeness (QED) is 0.151. The van der Waals surface area contributed by atoms with Crippen molar-refractivity contribution in [2.75, 3.05) is 18.1 Å². The van der Waals surface area contributed by atoms with E-state index in [1.807, 2.05) is 0 Å². The Bertz CT molecular complexity index is 1030. The van der Waals surface area contributed by atoms with Gasteiger partial charge >= 0.3 is 11.9 Å². The number of ether oxygens (including phenoxy) is 1. The van der Waals surface area contributed by atoms with E-state index < -0.39 is 41.2 Å². The maximum atomic E-state index is 12.7. The van der Waals surface area contributed by atoms with E-state index in [0.717, 1.165) is 16.4 Å². The van der Waals surface area contributed by atoms with Crippen LogP contribution in [0.2, 0.25) is 0 Å². The van der Waals surface area contributed by atoms with Gasteiger partial charge in [0.15, 0.2) is 17.0 Å². The smallest absolute Gasteiger partial charge is 0.352 e. The van der Waals surface area contributed by atoms with Crippen LogP contribution in [0.4, 0.5) is 5.13 Å². The first-order valence-corrected chi connectivity index (χ1v) is 11.2. The average Bonchev–Trinajstić information content (AvgIpc) is 3.22. The van der Waals surface area contributed by atoms with Crippen molar-refractivity contribution in [2.45, 2.75) is 30.3 Å². The van der Waals surface area contributed by atoms with Crippen LogP contribution in [-0.4, -0.2) is 79.6 Å². The van der Waals surface area contributed by atoms with Gasteiger partial charge in [-0.3, -0.25) is 24.1 Å². The van der Waals surface area contributed by atoms with Crippen LogP contribution in [0.3, 0.4) is 0 Å². The average molecular weight is 498 g/mol. The molecule has 14 nitrogen and oxygen atoms in total. The summed E-state index contributed by atoms with van der Waals surface area (Å²) in [7, 11) is 0. The molecule has 3 rings (SSSR count). The van der Waals surface area contributed by atoms with Gasteiger partial charge in [-0.2, -0.15) is 4.37 Å². The first-order chi connectivity index (χ1) is 15.8. The molecule has 1 unspecified atom stereocenters. The highest BCUT2D eigenvalue weighted by Gasteiger charge is 2.54. The molecule has 0 saturated carbocycles. The molecular formula is C17H18N6O8S2. The van der Waals surface area contributed by atoms with Crippen LogP contribution >= 0.6 is 23.3 Å². The zero-order chi connectivity index (χ0) is 24.1. The second-order valence-corrected chi connectivity index (χ2v) is 8.62. The van der Waals surface area contributed by atoms with Gasteiger partial charge in [0.1, 0.15) is 30.0 Å². The number of nitrogens with two attached hydrogens (primary N) is 1.